The molecule has 0 bridgehead atoms. The van der Waals surface area contributed by atoms with Crippen LogP contribution in [0.25, 0.3) is 0 Å². The summed E-state index contributed by atoms with van der Waals surface area (Å²) < 4.78 is 5.83. The normalized spacial score (nSPS) is 16.9. The van der Waals surface area contributed by atoms with E-state index in [1.165, 1.54) is 6.42 Å². The fraction of sp³-hybridized carbons (Fsp3) is 0.562. The second-order valence-corrected chi connectivity index (χ2v) is 5.37. The summed E-state index contributed by atoms with van der Waals surface area (Å²) in [6, 6.07) is 5.62. The van der Waals surface area contributed by atoms with Crippen molar-refractivity contribution >= 4 is 5.91 Å². The summed E-state index contributed by atoms with van der Waals surface area (Å²) in [4.78, 5) is 14.2. The van der Waals surface area contributed by atoms with Crippen LogP contribution < -0.4 is 4.74 Å². The van der Waals surface area contributed by atoms with E-state index in [2.05, 4.69) is 0 Å². The van der Waals surface area contributed by atoms with Crippen molar-refractivity contribution in [3.05, 3.63) is 29.3 Å². The molecule has 1 saturated heterocycles. The molecule has 2 rings (SSSR count). The number of carbonyl (C=O) groups is 1. The molecule has 1 heterocycles. The molecule has 0 aromatic heterocycles. The van der Waals surface area contributed by atoms with Crippen molar-refractivity contribution < 1.29 is 14.6 Å². The van der Waals surface area contributed by atoms with E-state index >= 15 is 0 Å². The van der Waals surface area contributed by atoms with Crippen molar-refractivity contribution in [2.75, 3.05) is 13.1 Å². The van der Waals surface area contributed by atoms with Gasteiger partial charge in [0, 0.05) is 18.7 Å². The van der Waals surface area contributed by atoms with Crippen LogP contribution >= 0.6 is 0 Å². The zero-order chi connectivity index (χ0) is 14.5. The number of benzene rings is 1. The summed E-state index contributed by atoms with van der Waals surface area (Å²) in [6.07, 6.45) is 2.83. The Morgan fingerprint density at radius 2 is 2.05 bits per heavy atom. The zero-order valence-corrected chi connectivity index (χ0v) is 12.3. The number of amides is 1. The van der Waals surface area contributed by atoms with Crippen LogP contribution in [0.2, 0.25) is 0 Å². The average molecular weight is 277 g/mol. The Kier molecular flexibility index (Phi) is 5.01. The third-order valence-electron chi connectivity index (χ3n) is 3.77. The largest absolute Gasteiger partial charge is 0.480 e. The van der Waals surface area contributed by atoms with E-state index in [9.17, 15) is 9.90 Å². The summed E-state index contributed by atoms with van der Waals surface area (Å²) in [5.74, 6) is 0.671. The summed E-state index contributed by atoms with van der Waals surface area (Å²) in [5.41, 5.74) is 1.66. The predicted octanol–water partition coefficient (Wildman–Crippen LogP) is 2.27. The van der Waals surface area contributed by atoms with E-state index in [-0.39, 0.29) is 12.5 Å². The van der Waals surface area contributed by atoms with Crippen LogP contribution in [-0.2, 0) is 11.4 Å². The van der Waals surface area contributed by atoms with Crippen LogP contribution in [0.3, 0.4) is 0 Å². The number of carbonyl (C=O) groups excluding carboxylic acids is 1. The summed E-state index contributed by atoms with van der Waals surface area (Å²) in [6.45, 7) is 5.28. The number of aliphatic hydroxyl groups is 1. The van der Waals surface area contributed by atoms with Gasteiger partial charge in [-0.05, 0) is 38.7 Å². The van der Waals surface area contributed by atoms with E-state index in [1.807, 2.05) is 30.0 Å². The maximum absolute atomic E-state index is 12.4. The Bertz CT molecular complexity index is 467. The second-order valence-electron chi connectivity index (χ2n) is 5.37. The summed E-state index contributed by atoms with van der Waals surface area (Å²) in [5, 5.41) is 9.37. The molecule has 1 aromatic carbocycles. The van der Waals surface area contributed by atoms with Gasteiger partial charge in [-0.1, -0.05) is 18.2 Å². The van der Waals surface area contributed by atoms with Gasteiger partial charge in [0.15, 0.2) is 6.10 Å². The number of nitrogens with zero attached hydrogens (tertiary/aromatic N) is 1. The highest BCUT2D eigenvalue weighted by molar-refractivity contribution is 5.81. The summed E-state index contributed by atoms with van der Waals surface area (Å²) in [7, 11) is 0. The molecule has 1 amide bonds. The van der Waals surface area contributed by atoms with Crippen molar-refractivity contribution in [1.82, 2.24) is 4.90 Å². The number of aliphatic hydroxyl groups excluding tert-OH is 1. The van der Waals surface area contributed by atoms with Gasteiger partial charge in [-0.3, -0.25) is 4.79 Å². The van der Waals surface area contributed by atoms with Gasteiger partial charge in [0.05, 0.1) is 6.61 Å². The van der Waals surface area contributed by atoms with Crippen molar-refractivity contribution in [2.24, 2.45) is 0 Å². The zero-order valence-electron chi connectivity index (χ0n) is 12.3. The van der Waals surface area contributed by atoms with Crippen molar-refractivity contribution in [1.29, 1.82) is 0 Å². The molecule has 4 nitrogen and oxygen atoms in total. The molecule has 1 atom stereocenters. The molecular weight excluding hydrogens is 254 g/mol. The molecule has 4 heteroatoms. The molecule has 1 fully saturated rings. The van der Waals surface area contributed by atoms with Gasteiger partial charge in [-0.25, -0.2) is 0 Å². The van der Waals surface area contributed by atoms with Gasteiger partial charge in [0.1, 0.15) is 5.75 Å². The highest BCUT2D eigenvalue weighted by Gasteiger charge is 2.24. The van der Waals surface area contributed by atoms with E-state index < -0.39 is 6.10 Å². The second kappa shape index (κ2) is 6.75. The number of aryl methyl sites for hydroxylation is 1. The van der Waals surface area contributed by atoms with Crippen molar-refractivity contribution in [3.63, 3.8) is 0 Å². The quantitative estimate of drug-likeness (QED) is 0.918. The van der Waals surface area contributed by atoms with Gasteiger partial charge in [0.25, 0.3) is 5.91 Å². The predicted molar refractivity (Wildman–Crippen MR) is 77.6 cm³/mol. The van der Waals surface area contributed by atoms with E-state index in [1.54, 1.807) is 6.92 Å². The first-order valence-electron chi connectivity index (χ1n) is 7.28. The van der Waals surface area contributed by atoms with Crippen LogP contribution in [0.4, 0.5) is 0 Å². The molecule has 1 aliphatic heterocycles. The summed E-state index contributed by atoms with van der Waals surface area (Å²) >= 11 is 0. The monoisotopic (exact) mass is 277 g/mol. The van der Waals surface area contributed by atoms with Crippen LogP contribution in [0.5, 0.6) is 5.75 Å². The number of hydrogen-bond acceptors (Lipinski definition) is 3. The van der Waals surface area contributed by atoms with Gasteiger partial charge in [0.2, 0.25) is 0 Å². The molecule has 0 radical (unpaired) electrons. The standard InChI is InChI=1S/C16H23NO3/c1-12-7-6-8-14(11-18)15(12)20-13(2)16(19)17-9-4-3-5-10-17/h6-8,13,18H,3-5,9-11H2,1-2H3. The number of likely N-dealkylation sites (tertiary alicyclic amines) is 1. The number of rotatable bonds is 4. The number of para-hydroxylation sites is 1. The van der Waals surface area contributed by atoms with E-state index in [0.717, 1.165) is 37.1 Å². The van der Waals surface area contributed by atoms with Gasteiger partial charge < -0.3 is 14.7 Å². The maximum atomic E-state index is 12.4. The molecular formula is C16H23NO3. The highest BCUT2D eigenvalue weighted by atomic mass is 16.5. The molecule has 0 saturated carbocycles. The highest BCUT2D eigenvalue weighted by Crippen LogP contribution is 2.25. The Labute approximate surface area is 120 Å². The SMILES string of the molecule is Cc1cccc(CO)c1OC(C)C(=O)N1CCCCC1. The lowest BCUT2D eigenvalue weighted by molar-refractivity contribution is -0.138. The minimum atomic E-state index is -0.514. The van der Waals surface area contributed by atoms with E-state index in [4.69, 9.17) is 4.74 Å². The van der Waals surface area contributed by atoms with Crippen LogP contribution in [0, 0.1) is 6.92 Å². The Morgan fingerprint density at radius 1 is 1.35 bits per heavy atom. The first-order valence-corrected chi connectivity index (χ1v) is 7.28. The first kappa shape index (κ1) is 14.9. The van der Waals surface area contributed by atoms with Gasteiger partial charge in [-0.2, -0.15) is 0 Å². The van der Waals surface area contributed by atoms with Crippen LogP contribution in [0.1, 0.15) is 37.3 Å². The molecule has 110 valence electrons. The third kappa shape index (κ3) is 3.31. The van der Waals surface area contributed by atoms with Crippen LogP contribution in [0.15, 0.2) is 18.2 Å². The Balaban J connectivity index is 2.07. The van der Waals surface area contributed by atoms with Gasteiger partial charge in [-0.15, -0.1) is 0 Å². The number of ether oxygens (including phenoxy) is 1. The van der Waals surface area contributed by atoms with Crippen LogP contribution in [-0.4, -0.2) is 35.1 Å². The fourth-order valence-electron chi connectivity index (χ4n) is 2.60. The lowest BCUT2D eigenvalue weighted by Gasteiger charge is -2.29. The van der Waals surface area contributed by atoms with E-state index in [0.29, 0.717) is 5.75 Å². The van der Waals surface area contributed by atoms with Crippen molar-refractivity contribution in [2.45, 2.75) is 45.8 Å². The molecule has 0 aliphatic carbocycles. The molecule has 20 heavy (non-hydrogen) atoms. The minimum absolute atomic E-state index is 0.0387. The molecule has 1 aromatic rings. The third-order valence-corrected chi connectivity index (χ3v) is 3.77. The molecule has 0 spiro atoms. The molecule has 1 unspecified atom stereocenters. The topological polar surface area (TPSA) is 49.8 Å². The smallest absolute Gasteiger partial charge is 0.263 e. The molecule has 1 N–H and O–H groups in total. The Morgan fingerprint density at radius 3 is 2.70 bits per heavy atom. The lowest BCUT2D eigenvalue weighted by Crippen LogP contribution is -2.43. The van der Waals surface area contributed by atoms with Crippen molar-refractivity contribution in [3.8, 4) is 5.75 Å². The number of piperidine rings is 1. The minimum Gasteiger partial charge on any atom is -0.480 e. The molecule has 1 aliphatic rings. The number of hydrogen-bond donors (Lipinski definition) is 1. The fourth-order valence-corrected chi connectivity index (χ4v) is 2.60. The van der Waals surface area contributed by atoms with Gasteiger partial charge >= 0.3 is 0 Å². The first-order chi connectivity index (χ1) is 9.63. The Hall–Kier alpha value is -1.55. The lowest BCUT2D eigenvalue weighted by atomic mass is 10.1. The maximum Gasteiger partial charge on any atom is 0.263 e. The average Bonchev–Trinajstić information content (AvgIpc) is 2.49.